The minimum absolute atomic E-state index is 0.261. The van der Waals surface area contributed by atoms with Gasteiger partial charge in [-0.1, -0.05) is 20.8 Å². The number of aliphatic carboxylic acids is 1. The quantitative estimate of drug-likeness (QED) is 0.721. The molecule has 146 valence electrons. The van der Waals surface area contributed by atoms with Gasteiger partial charge in [-0.05, 0) is 43.9 Å². The van der Waals surface area contributed by atoms with Gasteiger partial charge in [0.15, 0.2) is 6.10 Å². The molecule has 1 amide bonds. The van der Waals surface area contributed by atoms with Crippen LogP contribution in [0.4, 0.5) is 0 Å². The van der Waals surface area contributed by atoms with Crippen LogP contribution in [0.1, 0.15) is 38.8 Å². The predicted octanol–water partition coefficient (Wildman–Crippen LogP) is 2.66. The summed E-state index contributed by atoms with van der Waals surface area (Å²) in [6, 6.07) is 3.98. The summed E-state index contributed by atoms with van der Waals surface area (Å²) < 4.78 is 11.1. The average molecular weight is 375 g/mol. The summed E-state index contributed by atoms with van der Waals surface area (Å²) >= 11 is 0. The van der Waals surface area contributed by atoms with E-state index in [1.165, 1.54) is 13.0 Å². The summed E-state index contributed by atoms with van der Waals surface area (Å²) in [5.41, 5.74) is 1.47. The number of amides is 1. The van der Waals surface area contributed by atoms with Gasteiger partial charge in [0, 0.05) is 17.0 Å². The van der Waals surface area contributed by atoms with Crippen molar-refractivity contribution >= 4 is 22.8 Å². The molecule has 1 aromatic heterocycles. The van der Waals surface area contributed by atoms with Crippen LogP contribution in [0.3, 0.4) is 0 Å². The highest BCUT2D eigenvalue weighted by molar-refractivity contribution is 5.87. The van der Waals surface area contributed by atoms with Gasteiger partial charge in [0.2, 0.25) is 0 Å². The Morgan fingerprint density at radius 1 is 1.26 bits per heavy atom. The van der Waals surface area contributed by atoms with E-state index in [-0.39, 0.29) is 5.92 Å². The smallest absolute Gasteiger partial charge is 0.336 e. The number of fused-ring (bicyclic) bond motifs is 1. The Labute approximate surface area is 157 Å². The molecule has 27 heavy (non-hydrogen) atoms. The maximum atomic E-state index is 12.3. The first kappa shape index (κ1) is 20.5. The number of nitrogens with one attached hydrogen (secondary N) is 1. The van der Waals surface area contributed by atoms with Gasteiger partial charge in [0.05, 0.1) is 0 Å². The highest BCUT2D eigenvalue weighted by Crippen LogP contribution is 2.29. The van der Waals surface area contributed by atoms with Crippen molar-refractivity contribution in [3.05, 3.63) is 39.7 Å². The second-order valence-corrected chi connectivity index (χ2v) is 6.84. The van der Waals surface area contributed by atoms with Crippen molar-refractivity contribution in [3.63, 3.8) is 0 Å². The van der Waals surface area contributed by atoms with Crippen LogP contribution in [-0.4, -0.2) is 29.1 Å². The molecule has 0 aliphatic carbocycles. The summed E-state index contributed by atoms with van der Waals surface area (Å²) in [4.78, 5) is 35.4. The Balaban J connectivity index is 2.27. The number of carbonyl (C=O) groups excluding carboxylic acids is 1. The van der Waals surface area contributed by atoms with E-state index in [2.05, 4.69) is 5.32 Å². The van der Waals surface area contributed by atoms with E-state index in [1.807, 2.05) is 6.92 Å². The molecular weight excluding hydrogens is 350 g/mol. The second kappa shape index (κ2) is 8.24. The van der Waals surface area contributed by atoms with Crippen LogP contribution >= 0.6 is 0 Å². The molecule has 0 saturated heterocycles. The minimum atomic E-state index is -1.10. The standard InChI is InChI=1S/C20H25NO6/c1-6-13-9-16(22)27-18-11(4)15(8-7-14(13)18)26-12(5)19(23)21-17(10(2)3)20(24)25/h7-10,12,17H,6H2,1-5H3,(H,21,23)(H,24,25)/t12?,17-/m0/s1. The topological polar surface area (TPSA) is 106 Å². The van der Waals surface area contributed by atoms with Crippen LogP contribution in [-0.2, 0) is 16.0 Å². The van der Waals surface area contributed by atoms with E-state index >= 15 is 0 Å². The van der Waals surface area contributed by atoms with Gasteiger partial charge >= 0.3 is 11.6 Å². The molecule has 0 bridgehead atoms. The zero-order chi connectivity index (χ0) is 20.3. The third kappa shape index (κ3) is 4.48. The number of carbonyl (C=O) groups is 2. The SMILES string of the molecule is CCc1cc(=O)oc2c(C)c(OC(C)C(=O)N[C@H](C(=O)O)C(C)C)ccc12. The Hall–Kier alpha value is -2.83. The molecule has 0 fully saturated rings. The molecule has 0 saturated carbocycles. The van der Waals surface area contributed by atoms with E-state index in [1.54, 1.807) is 32.9 Å². The molecule has 7 heteroatoms. The molecule has 2 aromatic rings. The fourth-order valence-corrected chi connectivity index (χ4v) is 2.86. The molecule has 2 rings (SSSR count). The summed E-state index contributed by atoms with van der Waals surface area (Å²) in [6.45, 7) is 8.67. The summed E-state index contributed by atoms with van der Waals surface area (Å²) in [5.74, 6) is -1.48. The van der Waals surface area contributed by atoms with Crippen molar-refractivity contribution in [2.45, 2.75) is 53.2 Å². The van der Waals surface area contributed by atoms with Crippen LogP contribution in [0.2, 0.25) is 0 Å². The molecule has 1 unspecified atom stereocenters. The van der Waals surface area contributed by atoms with Gasteiger partial charge in [0.1, 0.15) is 17.4 Å². The number of carboxylic acids is 1. The lowest BCUT2D eigenvalue weighted by molar-refractivity contribution is -0.144. The molecule has 2 atom stereocenters. The summed E-state index contributed by atoms with van der Waals surface area (Å²) in [7, 11) is 0. The van der Waals surface area contributed by atoms with E-state index < -0.39 is 29.6 Å². The van der Waals surface area contributed by atoms with Crippen molar-refractivity contribution in [3.8, 4) is 5.75 Å². The Morgan fingerprint density at radius 3 is 2.48 bits per heavy atom. The van der Waals surface area contributed by atoms with Gasteiger partial charge in [-0.2, -0.15) is 0 Å². The first-order valence-corrected chi connectivity index (χ1v) is 8.91. The predicted molar refractivity (Wildman–Crippen MR) is 101 cm³/mol. The normalized spacial score (nSPS) is 13.4. The van der Waals surface area contributed by atoms with E-state index in [0.717, 1.165) is 10.9 Å². The molecule has 0 aliphatic rings. The highest BCUT2D eigenvalue weighted by atomic mass is 16.5. The number of rotatable bonds is 7. The zero-order valence-corrected chi connectivity index (χ0v) is 16.2. The third-order valence-electron chi connectivity index (χ3n) is 4.48. The van der Waals surface area contributed by atoms with Crippen LogP contribution in [0.5, 0.6) is 5.75 Å². The first-order chi connectivity index (χ1) is 12.6. The van der Waals surface area contributed by atoms with Crippen LogP contribution in [0.15, 0.2) is 27.4 Å². The molecule has 0 radical (unpaired) electrons. The lowest BCUT2D eigenvalue weighted by atomic mass is 10.0. The third-order valence-corrected chi connectivity index (χ3v) is 4.48. The van der Waals surface area contributed by atoms with Crippen molar-refractivity contribution in [2.75, 3.05) is 0 Å². The van der Waals surface area contributed by atoms with Gasteiger partial charge < -0.3 is 19.6 Å². The molecule has 2 N–H and O–H groups in total. The number of aryl methyl sites for hydroxylation is 2. The first-order valence-electron chi connectivity index (χ1n) is 8.91. The van der Waals surface area contributed by atoms with Crippen LogP contribution in [0.25, 0.3) is 11.0 Å². The van der Waals surface area contributed by atoms with Crippen molar-refractivity contribution in [1.29, 1.82) is 0 Å². The number of ether oxygens (including phenoxy) is 1. The Bertz CT molecular complexity index is 915. The fraction of sp³-hybridized carbons (Fsp3) is 0.450. The Morgan fingerprint density at radius 2 is 1.93 bits per heavy atom. The number of hydrogen-bond acceptors (Lipinski definition) is 5. The van der Waals surface area contributed by atoms with E-state index in [0.29, 0.717) is 23.3 Å². The lowest BCUT2D eigenvalue weighted by Gasteiger charge is -2.22. The molecule has 0 spiro atoms. The molecule has 1 aromatic carbocycles. The summed E-state index contributed by atoms with van der Waals surface area (Å²) in [6.07, 6.45) is -0.227. The number of benzene rings is 1. The zero-order valence-electron chi connectivity index (χ0n) is 16.2. The van der Waals surface area contributed by atoms with Gasteiger partial charge in [-0.25, -0.2) is 9.59 Å². The maximum absolute atomic E-state index is 12.3. The van der Waals surface area contributed by atoms with Crippen LogP contribution < -0.4 is 15.7 Å². The van der Waals surface area contributed by atoms with E-state index in [4.69, 9.17) is 9.15 Å². The van der Waals surface area contributed by atoms with Crippen molar-refractivity contribution in [1.82, 2.24) is 5.32 Å². The Kier molecular flexibility index (Phi) is 6.25. The molecular formula is C20H25NO6. The molecule has 7 nitrogen and oxygen atoms in total. The second-order valence-electron chi connectivity index (χ2n) is 6.84. The van der Waals surface area contributed by atoms with Crippen molar-refractivity contribution in [2.24, 2.45) is 5.92 Å². The minimum Gasteiger partial charge on any atom is -0.480 e. The van der Waals surface area contributed by atoms with Crippen LogP contribution in [0, 0.1) is 12.8 Å². The van der Waals surface area contributed by atoms with Gasteiger partial charge in [-0.15, -0.1) is 0 Å². The number of hydrogen-bond donors (Lipinski definition) is 2. The lowest BCUT2D eigenvalue weighted by Crippen LogP contribution is -2.48. The number of carboxylic acid groups (broad SMARTS) is 1. The van der Waals surface area contributed by atoms with Crippen molar-refractivity contribution < 1.29 is 23.8 Å². The largest absolute Gasteiger partial charge is 0.480 e. The average Bonchev–Trinajstić information content (AvgIpc) is 2.60. The van der Waals surface area contributed by atoms with Gasteiger partial charge in [0.25, 0.3) is 5.91 Å². The monoisotopic (exact) mass is 375 g/mol. The van der Waals surface area contributed by atoms with Gasteiger partial charge in [-0.3, -0.25) is 4.79 Å². The maximum Gasteiger partial charge on any atom is 0.336 e. The summed E-state index contributed by atoms with van der Waals surface area (Å²) in [5, 5.41) is 12.5. The molecule has 0 aliphatic heterocycles. The fourth-order valence-electron chi connectivity index (χ4n) is 2.86. The van der Waals surface area contributed by atoms with E-state index in [9.17, 15) is 19.5 Å². The highest BCUT2D eigenvalue weighted by Gasteiger charge is 2.27. The molecule has 1 heterocycles.